The van der Waals surface area contributed by atoms with Gasteiger partial charge in [-0.1, -0.05) is 0 Å². The largest absolute Gasteiger partial charge is 0.455 e. The SMILES string of the molecule is CSCc1ccc(C(=O)N(CCO)CC(F)(F)F)o1. The summed E-state index contributed by atoms with van der Waals surface area (Å²) < 4.78 is 42.1. The molecule has 1 heterocycles. The molecule has 4 nitrogen and oxygen atoms in total. The first-order valence-electron chi connectivity index (χ1n) is 5.42. The van der Waals surface area contributed by atoms with Crippen LogP contribution in [0.5, 0.6) is 0 Å². The summed E-state index contributed by atoms with van der Waals surface area (Å²) in [7, 11) is 0. The van der Waals surface area contributed by atoms with Gasteiger partial charge in [0.15, 0.2) is 5.76 Å². The number of halogens is 3. The van der Waals surface area contributed by atoms with Crippen LogP contribution in [0.25, 0.3) is 0 Å². The number of aliphatic hydroxyl groups is 1. The van der Waals surface area contributed by atoms with Crippen LogP contribution in [-0.4, -0.2) is 48.0 Å². The lowest BCUT2D eigenvalue weighted by atomic mass is 10.3. The van der Waals surface area contributed by atoms with Gasteiger partial charge in [0.1, 0.15) is 12.3 Å². The molecule has 1 aromatic heterocycles. The zero-order valence-electron chi connectivity index (χ0n) is 10.2. The number of hydrogen-bond donors (Lipinski definition) is 1. The van der Waals surface area contributed by atoms with E-state index in [-0.39, 0.29) is 5.76 Å². The summed E-state index contributed by atoms with van der Waals surface area (Å²) in [4.78, 5) is 12.4. The lowest BCUT2D eigenvalue weighted by molar-refractivity contribution is -0.141. The minimum Gasteiger partial charge on any atom is -0.455 e. The van der Waals surface area contributed by atoms with Crippen LogP contribution in [0.1, 0.15) is 16.3 Å². The molecule has 0 saturated carbocycles. The van der Waals surface area contributed by atoms with E-state index in [1.807, 2.05) is 6.26 Å². The smallest absolute Gasteiger partial charge is 0.406 e. The minimum absolute atomic E-state index is 0.151. The van der Waals surface area contributed by atoms with Crippen LogP contribution in [0.3, 0.4) is 0 Å². The summed E-state index contributed by atoms with van der Waals surface area (Å²) in [6, 6.07) is 2.89. The second-order valence-electron chi connectivity index (χ2n) is 3.76. The molecule has 0 radical (unpaired) electrons. The van der Waals surface area contributed by atoms with E-state index in [0.29, 0.717) is 16.4 Å². The number of amides is 1. The van der Waals surface area contributed by atoms with E-state index in [0.717, 1.165) is 0 Å². The van der Waals surface area contributed by atoms with E-state index in [1.165, 1.54) is 17.8 Å². The van der Waals surface area contributed by atoms with E-state index in [4.69, 9.17) is 9.52 Å². The van der Waals surface area contributed by atoms with Crippen molar-refractivity contribution in [1.82, 2.24) is 4.90 Å². The van der Waals surface area contributed by atoms with Gasteiger partial charge in [-0.2, -0.15) is 24.9 Å². The summed E-state index contributed by atoms with van der Waals surface area (Å²) in [6.45, 7) is -2.35. The molecular formula is C11H14F3NO3S. The number of rotatable bonds is 6. The third kappa shape index (κ3) is 5.15. The molecule has 0 saturated heterocycles. The Hall–Kier alpha value is -1.15. The third-order valence-electron chi connectivity index (χ3n) is 2.19. The standard InChI is InChI=1S/C11H14F3NO3S/c1-19-6-8-2-3-9(18-8)10(17)15(4-5-16)7-11(12,13)14/h2-3,16H,4-7H2,1H3. The van der Waals surface area contributed by atoms with Gasteiger partial charge in [0, 0.05) is 6.54 Å². The van der Waals surface area contributed by atoms with Gasteiger partial charge in [-0.05, 0) is 18.4 Å². The predicted molar refractivity (Wildman–Crippen MR) is 65.0 cm³/mol. The van der Waals surface area contributed by atoms with E-state index in [2.05, 4.69) is 0 Å². The van der Waals surface area contributed by atoms with Crippen molar-refractivity contribution in [1.29, 1.82) is 0 Å². The molecule has 1 rings (SSSR count). The second-order valence-corrected chi connectivity index (χ2v) is 4.63. The molecule has 0 atom stereocenters. The van der Waals surface area contributed by atoms with E-state index in [9.17, 15) is 18.0 Å². The average molecular weight is 297 g/mol. The first kappa shape index (κ1) is 15.9. The molecule has 108 valence electrons. The number of thioether (sulfide) groups is 1. The van der Waals surface area contributed by atoms with Crippen LogP contribution in [0, 0.1) is 0 Å². The maximum atomic E-state index is 12.3. The van der Waals surface area contributed by atoms with Crippen LogP contribution >= 0.6 is 11.8 Å². The highest BCUT2D eigenvalue weighted by atomic mass is 32.2. The van der Waals surface area contributed by atoms with Crippen molar-refractivity contribution in [3.8, 4) is 0 Å². The fraction of sp³-hybridized carbons (Fsp3) is 0.545. The Kier molecular flexibility index (Phi) is 5.74. The van der Waals surface area contributed by atoms with Gasteiger partial charge < -0.3 is 14.4 Å². The van der Waals surface area contributed by atoms with Crippen molar-refractivity contribution < 1.29 is 27.5 Å². The second kappa shape index (κ2) is 6.85. The number of aliphatic hydroxyl groups excluding tert-OH is 1. The Balaban J connectivity index is 2.79. The van der Waals surface area contributed by atoms with Crippen molar-refractivity contribution in [3.05, 3.63) is 23.7 Å². The van der Waals surface area contributed by atoms with Crippen molar-refractivity contribution in [2.24, 2.45) is 0 Å². The maximum absolute atomic E-state index is 12.3. The molecule has 0 bridgehead atoms. The van der Waals surface area contributed by atoms with Crippen LogP contribution in [0.4, 0.5) is 13.2 Å². The van der Waals surface area contributed by atoms with Gasteiger partial charge in [0.05, 0.1) is 12.4 Å². The lowest BCUT2D eigenvalue weighted by Gasteiger charge is -2.21. The summed E-state index contributed by atoms with van der Waals surface area (Å²) in [5.41, 5.74) is 0. The van der Waals surface area contributed by atoms with Crippen LogP contribution in [-0.2, 0) is 5.75 Å². The van der Waals surface area contributed by atoms with Crippen molar-refractivity contribution in [2.45, 2.75) is 11.9 Å². The molecule has 0 aliphatic rings. The zero-order valence-corrected chi connectivity index (χ0v) is 11.1. The van der Waals surface area contributed by atoms with E-state index < -0.39 is 31.8 Å². The van der Waals surface area contributed by atoms with Gasteiger partial charge in [-0.25, -0.2) is 0 Å². The highest BCUT2D eigenvalue weighted by molar-refractivity contribution is 7.97. The van der Waals surface area contributed by atoms with Gasteiger partial charge in [0.25, 0.3) is 5.91 Å². The molecule has 0 aliphatic heterocycles. The molecule has 0 aromatic carbocycles. The molecule has 19 heavy (non-hydrogen) atoms. The highest BCUT2D eigenvalue weighted by Crippen LogP contribution is 2.19. The van der Waals surface area contributed by atoms with Gasteiger partial charge >= 0.3 is 6.18 Å². The highest BCUT2D eigenvalue weighted by Gasteiger charge is 2.33. The van der Waals surface area contributed by atoms with E-state index in [1.54, 1.807) is 6.07 Å². The van der Waals surface area contributed by atoms with Crippen LogP contribution < -0.4 is 0 Å². The van der Waals surface area contributed by atoms with Gasteiger partial charge in [-0.15, -0.1) is 0 Å². The van der Waals surface area contributed by atoms with Crippen molar-refractivity contribution in [3.63, 3.8) is 0 Å². The van der Waals surface area contributed by atoms with Crippen LogP contribution in [0.2, 0.25) is 0 Å². The lowest BCUT2D eigenvalue weighted by Crippen LogP contribution is -2.40. The van der Waals surface area contributed by atoms with Crippen molar-refractivity contribution >= 4 is 17.7 Å². The summed E-state index contributed by atoms with van der Waals surface area (Å²) >= 11 is 1.47. The Bertz CT molecular complexity index is 420. The Morgan fingerprint density at radius 1 is 1.47 bits per heavy atom. The normalized spacial score (nSPS) is 11.6. The predicted octanol–water partition coefficient (Wildman–Crippen LogP) is 2.14. The molecule has 1 amide bonds. The monoisotopic (exact) mass is 297 g/mol. The number of carbonyl (C=O) groups excluding carboxylic acids is 1. The summed E-state index contributed by atoms with van der Waals surface area (Å²) in [5, 5.41) is 8.72. The molecule has 8 heteroatoms. The minimum atomic E-state index is -4.51. The Morgan fingerprint density at radius 2 is 2.16 bits per heavy atom. The maximum Gasteiger partial charge on any atom is 0.406 e. The molecule has 0 spiro atoms. The first-order valence-corrected chi connectivity index (χ1v) is 6.81. The number of nitrogens with zero attached hydrogens (tertiary/aromatic N) is 1. The third-order valence-corrected chi connectivity index (χ3v) is 2.76. The number of hydrogen-bond acceptors (Lipinski definition) is 4. The first-order chi connectivity index (χ1) is 8.87. The number of furan rings is 1. The van der Waals surface area contributed by atoms with Crippen molar-refractivity contribution in [2.75, 3.05) is 26.0 Å². The zero-order chi connectivity index (χ0) is 14.5. The molecule has 0 aliphatic carbocycles. The number of alkyl halides is 3. The average Bonchev–Trinajstić information content (AvgIpc) is 2.75. The van der Waals surface area contributed by atoms with Gasteiger partial charge in [0.2, 0.25) is 0 Å². The molecule has 0 fully saturated rings. The van der Waals surface area contributed by atoms with E-state index >= 15 is 0 Å². The molecule has 1 N–H and O–H groups in total. The van der Waals surface area contributed by atoms with Gasteiger partial charge in [-0.3, -0.25) is 4.79 Å². The topological polar surface area (TPSA) is 53.7 Å². The molecule has 1 aromatic rings. The fourth-order valence-electron chi connectivity index (χ4n) is 1.46. The quantitative estimate of drug-likeness (QED) is 0.874. The Labute approximate surface area is 112 Å². The summed E-state index contributed by atoms with van der Waals surface area (Å²) in [6.07, 6.45) is -2.68. The molecular weight excluding hydrogens is 283 g/mol. The fourth-order valence-corrected chi connectivity index (χ4v) is 1.90. The van der Waals surface area contributed by atoms with Crippen LogP contribution in [0.15, 0.2) is 16.5 Å². The summed E-state index contributed by atoms with van der Waals surface area (Å²) in [5.74, 6) is 0.0271. The molecule has 0 unspecified atom stereocenters. The number of carbonyl (C=O) groups is 1. The Morgan fingerprint density at radius 3 is 2.68 bits per heavy atom.